The van der Waals surface area contributed by atoms with E-state index in [1.807, 2.05) is 42.6 Å². The molecule has 0 saturated heterocycles. The largest absolute Gasteiger partial charge is 0.337 e. The van der Waals surface area contributed by atoms with Gasteiger partial charge in [-0.3, -0.25) is 0 Å². The van der Waals surface area contributed by atoms with E-state index in [9.17, 15) is 4.39 Å². The molecule has 3 aromatic rings. The van der Waals surface area contributed by atoms with Gasteiger partial charge in [-0.25, -0.2) is 9.37 Å². The van der Waals surface area contributed by atoms with E-state index in [1.54, 1.807) is 0 Å². The predicted molar refractivity (Wildman–Crippen MR) is 102 cm³/mol. The van der Waals surface area contributed by atoms with Gasteiger partial charge in [-0.15, -0.1) is 11.8 Å². The summed E-state index contributed by atoms with van der Waals surface area (Å²) in [5.74, 6) is -0.187. The Bertz CT molecular complexity index is 797. The number of aromatic nitrogens is 2. The number of nitrogens with zero attached hydrogens (tertiary/aromatic N) is 2. The Labute approximate surface area is 153 Å². The molecule has 1 atom stereocenters. The van der Waals surface area contributed by atoms with Gasteiger partial charge in [0, 0.05) is 29.1 Å². The zero-order chi connectivity index (χ0) is 17.6. The van der Waals surface area contributed by atoms with E-state index in [-0.39, 0.29) is 5.82 Å². The molecule has 25 heavy (non-hydrogen) atoms. The number of rotatable bonds is 7. The van der Waals surface area contributed by atoms with Crippen molar-refractivity contribution in [3.8, 4) is 0 Å². The van der Waals surface area contributed by atoms with Crippen molar-refractivity contribution in [3.63, 3.8) is 0 Å². The standard InChI is InChI=1S/C21H23FN2S/c1-16-5-10-20(17(2)14-16)21(4-3-12-24-13-11-23-15-24)25-19-8-6-18(22)7-9-19/h5-11,13-15,21H,3-4,12H2,1-2H3. The van der Waals surface area contributed by atoms with E-state index in [0.717, 1.165) is 24.3 Å². The van der Waals surface area contributed by atoms with E-state index >= 15 is 0 Å². The van der Waals surface area contributed by atoms with Gasteiger partial charge in [0.15, 0.2) is 0 Å². The maximum absolute atomic E-state index is 13.2. The Morgan fingerprint density at radius 3 is 2.60 bits per heavy atom. The van der Waals surface area contributed by atoms with Crippen LogP contribution in [0, 0.1) is 19.7 Å². The van der Waals surface area contributed by atoms with Gasteiger partial charge in [0.25, 0.3) is 0 Å². The van der Waals surface area contributed by atoms with Gasteiger partial charge in [-0.1, -0.05) is 23.8 Å². The minimum absolute atomic E-state index is 0.187. The fraction of sp³-hybridized carbons (Fsp3) is 0.286. The maximum atomic E-state index is 13.2. The average molecular weight is 354 g/mol. The summed E-state index contributed by atoms with van der Waals surface area (Å²) >= 11 is 1.82. The summed E-state index contributed by atoms with van der Waals surface area (Å²) < 4.78 is 15.3. The number of halogens is 1. The van der Waals surface area contributed by atoms with Crippen LogP contribution in [-0.4, -0.2) is 9.55 Å². The second-order valence-corrected chi connectivity index (χ2v) is 7.64. The third-order valence-corrected chi connectivity index (χ3v) is 5.62. The van der Waals surface area contributed by atoms with Crippen LogP contribution in [0.2, 0.25) is 0 Å². The van der Waals surface area contributed by atoms with Gasteiger partial charge in [-0.2, -0.15) is 0 Å². The van der Waals surface area contributed by atoms with E-state index < -0.39 is 0 Å². The summed E-state index contributed by atoms with van der Waals surface area (Å²) in [5, 5.41) is 0.356. The lowest BCUT2D eigenvalue weighted by Crippen LogP contribution is -2.01. The van der Waals surface area contributed by atoms with Crippen LogP contribution < -0.4 is 0 Å². The zero-order valence-electron chi connectivity index (χ0n) is 14.7. The Balaban J connectivity index is 1.75. The van der Waals surface area contributed by atoms with Crippen molar-refractivity contribution in [3.05, 3.63) is 83.7 Å². The molecule has 0 aliphatic heterocycles. The van der Waals surface area contributed by atoms with E-state index in [1.165, 1.54) is 28.8 Å². The van der Waals surface area contributed by atoms with Crippen molar-refractivity contribution in [2.45, 2.75) is 43.4 Å². The van der Waals surface area contributed by atoms with Crippen LogP contribution in [0.4, 0.5) is 4.39 Å². The monoisotopic (exact) mass is 354 g/mol. The van der Waals surface area contributed by atoms with Gasteiger partial charge >= 0.3 is 0 Å². The first-order valence-electron chi connectivity index (χ1n) is 8.57. The van der Waals surface area contributed by atoms with Crippen molar-refractivity contribution in [1.29, 1.82) is 0 Å². The summed E-state index contributed by atoms with van der Waals surface area (Å²) in [6.45, 7) is 5.26. The lowest BCUT2D eigenvalue weighted by Gasteiger charge is -2.20. The molecule has 0 bridgehead atoms. The summed E-state index contributed by atoms with van der Waals surface area (Å²) in [6, 6.07) is 13.5. The number of hydrogen-bond donors (Lipinski definition) is 0. The van der Waals surface area contributed by atoms with Crippen LogP contribution >= 0.6 is 11.8 Å². The first-order valence-corrected chi connectivity index (χ1v) is 9.45. The zero-order valence-corrected chi connectivity index (χ0v) is 15.5. The van der Waals surface area contributed by atoms with E-state index in [4.69, 9.17) is 0 Å². The van der Waals surface area contributed by atoms with E-state index in [0.29, 0.717) is 5.25 Å². The molecule has 4 heteroatoms. The van der Waals surface area contributed by atoms with Gasteiger partial charge < -0.3 is 4.57 Å². The molecule has 2 aromatic carbocycles. The Morgan fingerprint density at radius 2 is 1.92 bits per heavy atom. The molecular formula is C21H23FN2S. The smallest absolute Gasteiger partial charge is 0.123 e. The molecular weight excluding hydrogens is 331 g/mol. The van der Waals surface area contributed by atoms with Crippen molar-refractivity contribution in [2.75, 3.05) is 0 Å². The second-order valence-electron chi connectivity index (χ2n) is 6.36. The van der Waals surface area contributed by atoms with Crippen LogP contribution in [-0.2, 0) is 6.54 Å². The molecule has 0 saturated carbocycles. The number of imidazole rings is 1. The highest BCUT2D eigenvalue weighted by atomic mass is 32.2. The summed E-state index contributed by atoms with van der Waals surface area (Å²) in [5.41, 5.74) is 3.97. The molecule has 0 amide bonds. The molecule has 0 aliphatic carbocycles. The molecule has 0 aliphatic rings. The van der Waals surface area contributed by atoms with Crippen molar-refractivity contribution in [1.82, 2.24) is 9.55 Å². The van der Waals surface area contributed by atoms with Gasteiger partial charge in [0.05, 0.1) is 6.33 Å². The number of benzene rings is 2. The van der Waals surface area contributed by atoms with Crippen molar-refractivity contribution >= 4 is 11.8 Å². The number of thioether (sulfide) groups is 1. The molecule has 1 unspecified atom stereocenters. The topological polar surface area (TPSA) is 17.8 Å². The summed E-state index contributed by atoms with van der Waals surface area (Å²) in [6.07, 6.45) is 7.81. The summed E-state index contributed by atoms with van der Waals surface area (Å²) in [4.78, 5) is 5.21. The third kappa shape index (κ3) is 4.95. The molecule has 0 radical (unpaired) electrons. The molecule has 0 spiro atoms. The predicted octanol–water partition coefficient (Wildman–Crippen LogP) is 5.95. The quantitative estimate of drug-likeness (QED) is 0.488. The van der Waals surface area contributed by atoms with Crippen molar-refractivity contribution < 1.29 is 4.39 Å². The summed E-state index contributed by atoms with van der Waals surface area (Å²) in [7, 11) is 0. The fourth-order valence-electron chi connectivity index (χ4n) is 3.02. The number of aryl methyl sites for hydroxylation is 3. The molecule has 0 fully saturated rings. The molecule has 130 valence electrons. The highest BCUT2D eigenvalue weighted by Crippen LogP contribution is 2.40. The van der Waals surface area contributed by atoms with Crippen LogP contribution in [0.15, 0.2) is 66.1 Å². The highest BCUT2D eigenvalue weighted by Gasteiger charge is 2.16. The minimum Gasteiger partial charge on any atom is -0.337 e. The first-order chi connectivity index (χ1) is 12.1. The Kier molecular flexibility index (Phi) is 5.92. The molecule has 1 heterocycles. The van der Waals surface area contributed by atoms with Gasteiger partial charge in [0.2, 0.25) is 0 Å². The second kappa shape index (κ2) is 8.34. The normalized spacial score (nSPS) is 12.3. The number of hydrogen-bond acceptors (Lipinski definition) is 2. The van der Waals surface area contributed by atoms with Crippen LogP contribution in [0.5, 0.6) is 0 Å². The average Bonchev–Trinajstić information content (AvgIpc) is 3.09. The molecule has 3 rings (SSSR count). The fourth-order valence-corrected chi connectivity index (χ4v) is 4.32. The van der Waals surface area contributed by atoms with Crippen LogP contribution in [0.25, 0.3) is 0 Å². The lowest BCUT2D eigenvalue weighted by atomic mass is 10.0. The maximum Gasteiger partial charge on any atom is 0.123 e. The SMILES string of the molecule is Cc1ccc(C(CCCn2ccnc2)Sc2ccc(F)cc2)c(C)c1. The lowest BCUT2D eigenvalue weighted by molar-refractivity contribution is 0.603. The van der Waals surface area contributed by atoms with Gasteiger partial charge in [0.1, 0.15) is 5.82 Å². The van der Waals surface area contributed by atoms with Crippen molar-refractivity contribution in [2.24, 2.45) is 0 Å². The molecule has 2 nitrogen and oxygen atoms in total. The minimum atomic E-state index is -0.187. The Hall–Kier alpha value is -2.07. The van der Waals surface area contributed by atoms with E-state index in [2.05, 4.69) is 41.6 Å². The molecule has 1 aromatic heterocycles. The Morgan fingerprint density at radius 1 is 1.12 bits per heavy atom. The highest BCUT2D eigenvalue weighted by molar-refractivity contribution is 7.99. The van der Waals surface area contributed by atoms with Crippen LogP contribution in [0.3, 0.4) is 0 Å². The van der Waals surface area contributed by atoms with Crippen LogP contribution in [0.1, 0.15) is 34.8 Å². The first kappa shape index (κ1) is 17.7. The molecule has 0 N–H and O–H groups in total. The van der Waals surface area contributed by atoms with Gasteiger partial charge in [-0.05, 0) is 62.1 Å². The third-order valence-electron chi connectivity index (χ3n) is 4.31.